The van der Waals surface area contributed by atoms with Crippen LogP contribution >= 0.6 is 0 Å². The maximum absolute atomic E-state index is 10.7. The molecule has 0 aliphatic heterocycles. The van der Waals surface area contributed by atoms with Crippen molar-refractivity contribution in [3.63, 3.8) is 0 Å². The van der Waals surface area contributed by atoms with Crippen molar-refractivity contribution in [2.24, 2.45) is 0 Å². The van der Waals surface area contributed by atoms with Crippen molar-refractivity contribution in [2.75, 3.05) is 0 Å². The normalized spacial score (nSPS) is 11.1. The Morgan fingerprint density at radius 3 is 2.80 bits per heavy atom. The van der Waals surface area contributed by atoms with Gasteiger partial charge in [0.15, 0.2) is 11.5 Å². The number of carboxylic acid groups (broad SMARTS) is 1. The Hall–Kier alpha value is -1.84. The number of oxazole rings is 1. The van der Waals surface area contributed by atoms with E-state index in [4.69, 9.17) is 9.52 Å². The van der Waals surface area contributed by atoms with Crippen LogP contribution in [0.4, 0.5) is 0 Å². The van der Waals surface area contributed by atoms with Crippen molar-refractivity contribution in [1.82, 2.24) is 4.98 Å². The first kappa shape index (κ1) is 9.71. The van der Waals surface area contributed by atoms with Crippen LogP contribution in [0.5, 0.6) is 0 Å². The van der Waals surface area contributed by atoms with E-state index in [1.165, 1.54) is 12.1 Å². The summed E-state index contributed by atoms with van der Waals surface area (Å²) in [5, 5.41) is 8.80. The Balaban J connectivity index is 2.57. The van der Waals surface area contributed by atoms with Gasteiger partial charge < -0.3 is 9.52 Å². The van der Waals surface area contributed by atoms with E-state index in [0.717, 1.165) is 0 Å². The summed E-state index contributed by atoms with van der Waals surface area (Å²) in [6.45, 7) is 3.95. The summed E-state index contributed by atoms with van der Waals surface area (Å²) in [5.41, 5.74) is 1.44. The number of benzene rings is 1. The van der Waals surface area contributed by atoms with Crippen LogP contribution in [-0.2, 0) is 0 Å². The molecule has 2 rings (SSSR count). The van der Waals surface area contributed by atoms with Crippen molar-refractivity contribution >= 4 is 17.1 Å². The number of aromatic carboxylic acids is 1. The second-order valence-electron chi connectivity index (χ2n) is 3.69. The van der Waals surface area contributed by atoms with E-state index in [1.807, 2.05) is 13.8 Å². The predicted octanol–water partition coefficient (Wildman–Crippen LogP) is 2.65. The molecule has 1 aromatic carbocycles. The summed E-state index contributed by atoms with van der Waals surface area (Å²) >= 11 is 0. The van der Waals surface area contributed by atoms with Crippen molar-refractivity contribution in [3.05, 3.63) is 29.7 Å². The Kier molecular flexibility index (Phi) is 2.19. The van der Waals surface area contributed by atoms with Crippen LogP contribution in [0.3, 0.4) is 0 Å². The molecule has 4 nitrogen and oxygen atoms in total. The summed E-state index contributed by atoms with van der Waals surface area (Å²) in [7, 11) is 0. The van der Waals surface area contributed by atoms with Crippen molar-refractivity contribution < 1.29 is 14.3 Å². The third-order valence-electron chi connectivity index (χ3n) is 2.15. The Morgan fingerprint density at radius 1 is 1.47 bits per heavy atom. The molecule has 0 fully saturated rings. The highest BCUT2D eigenvalue weighted by atomic mass is 16.4. The van der Waals surface area contributed by atoms with E-state index in [2.05, 4.69) is 4.98 Å². The molecule has 0 bridgehead atoms. The molecule has 1 heterocycles. The van der Waals surface area contributed by atoms with Gasteiger partial charge in [-0.3, -0.25) is 0 Å². The highest BCUT2D eigenvalue weighted by Gasteiger charge is 2.11. The SMILES string of the molecule is CC(C)c1nc2ccc(C(=O)O)cc2o1. The molecule has 1 N–H and O–H groups in total. The zero-order valence-corrected chi connectivity index (χ0v) is 8.52. The summed E-state index contributed by atoms with van der Waals surface area (Å²) in [6, 6.07) is 4.68. The molecule has 1 aromatic heterocycles. The van der Waals surface area contributed by atoms with Gasteiger partial charge in [0, 0.05) is 5.92 Å². The smallest absolute Gasteiger partial charge is 0.335 e. The summed E-state index contributed by atoms with van der Waals surface area (Å²) in [5.74, 6) is -0.127. The van der Waals surface area contributed by atoms with Gasteiger partial charge in [0.25, 0.3) is 0 Å². The number of hydrogen-bond acceptors (Lipinski definition) is 3. The maximum atomic E-state index is 10.7. The van der Waals surface area contributed by atoms with Gasteiger partial charge in [-0.05, 0) is 18.2 Å². The number of fused-ring (bicyclic) bond motifs is 1. The van der Waals surface area contributed by atoms with Gasteiger partial charge in [0.05, 0.1) is 5.56 Å². The third-order valence-corrected chi connectivity index (χ3v) is 2.15. The lowest BCUT2D eigenvalue weighted by molar-refractivity contribution is 0.0697. The molecule has 0 spiro atoms. The maximum Gasteiger partial charge on any atom is 0.335 e. The minimum atomic E-state index is -0.959. The summed E-state index contributed by atoms with van der Waals surface area (Å²) in [6.07, 6.45) is 0. The van der Waals surface area contributed by atoms with E-state index < -0.39 is 5.97 Å². The lowest BCUT2D eigenvalue weighted by Crippen LogP contribution is -1.94. The van der Waals surface area contributed by atoms with Crippen LogP contribution in [0.25, 0.3) is 11.1 Å². The molecule has 0 aliphatic rings. The Morgan fingerprint density at radius 2 is 2.20 bits per heavy atom. The monoisotopic (exact) mass is 205 g/mol. The molecule has 0 amide bonds. The fraction of sp³-hybridized carbons (Fsp3) is 0.273. The number of carboxylic acids is 1. The fourth-order valence-electron chi connectivity index (χ4n) is 1.32. The van der Waals surface area contributed by atoms with E-state index in [1.54, 1.807) is 6.07 Å². The van der Waals surface area contributed by atoms with E-state index in [9.17, 15) is 4.79 Å². The largest absolute Gasteiger partial charge is 0.478 e. The molecule has 0 saturated heterocycles. The van der Waals surface area contributed by atoms with Gasteiger partial charge in [-0.2, -0.15) is 0 Å². The predicted molar refractivity (Wildman–Crippen MR) is 55.1 cm³/mol. The van der Waals surface area contributed by atoms with Crippen molar-refractivity contribution in [1.29, 1.82) is 0 Å². The number of carbonyl (C=O) groups is 1. The Bertz CT molecular complexity index is 514. The van der Waals surface area contributed by atoms with Crippen molar-refractivity contribution in [2.45, 2.75) is 19.8 Å². The Labute approximate surface area is 86.5 Å². The molecule has 0 saturated carbocycles. The van der Waals surface area contributed by atoms with Gasteiger partial charge in [-0.15, -0.1) is 0 Å². The third kappa shape index (κ3) is 1.70. The molecule has 15 heavy (non-hydrogen) atoms. The molecule has 0 atom stereocenters. The minimum absolute atomic E-state index is 0.200. The molecule has 78 valence electrons. The average molecular weight is 205 g/mol. The second-order valence-corrected chi connectivity index (χ2v) is 3.69. The lowest BCUT2D eigenvalue weighted by Gasteiger charge is -1.94. The van der Waals surface area contributed by atoms with Crippen LogP contribution in [0.15, 0.2) is 22.6 Å². The van der Waals surface area contributed by atoms with Crippen LogP contribution in [0, 0.1) is 0 Å². The first-order chi connectivity index (χ1) is 7.08. The van der Waals surface area contributed by atoms with Gasteiger partial charge in [0.2, 0.25) is 0 Å². The zero-order chi connectivity index (χ0) is 11.0. The number of hydrogen-bond donors (Lipinski definition) is 1. The van der Waals surface area contributed by atoms with Crippen LogP contribution in [0.2, 0.25) is 0 Å². The minimum Gasteiger partial charge on any atom is -0.478 e. The van der Waals surface area contributed by atoms with Crippen LogP contribution < -0.4 is 0 Å². The van der Waals surface area contributed by atoms with Gasteiger partial charge >= 0.3 is 5.97 Å². The van der Waals surface area contributed by atoms with E-state index in [0.29, 0.717) is 17.0 Å². The molecule has 0 unspecified atom stereocenters. The van der Waals surface area contributed by atoms with Crippen LogP contribution in [-0.4, -0.2) is 16.1 Å². The lowest BCUT2D eigenvalue weighted by atomic mass is 10.2. The molecule has 4 heteroatoms. The summed E-state index contributed by atoms with van der Waals surface area (Å²) in [4.78, 5) is 15.0. The fourth-order valence-corrected chi connectivity index (χ4v) is 1.32. The number of rotatable bonds is 2. The number of nitrogens with zero attached hydrogens (tertiary/aromatic N) is 1. The zero-order valence-electron chi connectivity index (χ0n) is 8.52. The first-order valence-corrected chi connectivity index (χ1v) is 4.71. The number of aromatic nitrogens is 1. The van der Waals surface area contributed by atoms with Gasteiger partial charge in [0.1, 0.15) is 5.52 Å². The highest BCUT2D eigenvalue weighted by molar-refractivity contribution is 5.91. The quantitative estimate of drug-likeness (QED) is 0.818. The topological polar surface area (TPSA) is 63.3 Å². The molecular formula is C11H11NO3. The second kappa shape index (κ2) is 3.38. The average Bonchev–Trinajstić information content (AvgIpc) is 2.59. The van der Waals surface area contributed by atoms with E-state index in [-0.39, 0.29) is 11.5 Å². The molecule has 0 aliphatic carbocycles. The molecule has 0 radical (unpaired) electrons. The molecule has 2 aromatic rings. The van der Waals surface area contributed by atoms with Crippen LogP contribution in [0.1, 0.15) is 36.0 Å². The van der Waals surface area contributed by atoms with E-state index >= 15 is 0 Å². The van der Waals surface area contributed by atoms with Gasteiger partial charge in [-0.1, -0.05) is 13.8 Å². The van der Waals surface area contributed by atoms with Crippen molar-refractivity contribution in [3.8, 4) is 0 Å². The first-order valence-electron chi connectivity index (χ1n) is 4.71. The standard InChI is InChI=1S/C11H11NO3/c1-6(2)10-12-8-4-3-7(11(13)14)5-9(8)15-10/h3-6H,1-2H3,(H,13,14). The molecular weight excluding hydrogens is 194 g/mol. The highest BCUT2D eigenvalue weighted by Crippen LogP contribution is 2.21. The summed E-state index contributed by atoms with van der Waals surface area (Å²) < 4.78 is 5.45. The van der Waals surface area contributed by atoms with Gasteiger partial charge in [-0.25, -0.2) is 9.78 Å².